The van der Waals surface area contributed by atoms with Gasteiger partial charge in [-0.05, 0) is 55.5 Å². The van der Waals surface area contributed by atoms with E-state index in [9.17, 15) is 23.6 Å². The van der Waals surface area contributed by atoms with Crippen LogP contribution in [0.3, 0.4) is 0 Å². The lowest BCUT2D eigenvalue weighted by atomic mass is 10.1. The number of nitrogens with one attached hydrogen (secondary N) is 1. The summed E-state index contributed by atoms with van der Waals surface area (Å²) in [4.78, 5) is 51.1. The minimum absolute atomic E-state index is 0.0807. The highest BCUT2D eigenvalue weighted by molar-refractivity contribution is 9.10. The molecular weight excluding hydrogens is 507 g/mol. The molecule has 3 aromatic carbocycles. The first kappa shape index (κ1) is 23.1. The Morgan fingerprint density at radius 2 is 1.79 bits per heavy atom. The minimum atomic E-state index is -1.07. The molecule has 34 heavy (non-hydrogen) atoms. The van der Waals surface area contributed by atoms with E-state index in [-0.39, 0.29) is 17.0 Å². The number of aryl methyl sites for hydroxylation is 1. The fourth-order valence-electron chi connectivity index (χ4n) is 3.32. The molecule has 0 radical (unpaired) electrons. The van der Waals surface area contributed by atoms with Gasteiger partial charge in [-0.3, -0.25) is 14.9 Å². The van der Waals surface area contributed by atoms with Crippen LogP contribution in [0.2, 0.25) is 0 Å². The summed E-state index contributed by atoms with van der Waals surface area (Å²) < 4.78 is 20.4. The number of anilines is 1. The van der Waals surface area contributed by atoms with Crippen LogP contribution >= 0.6 is 15.9 Å². The normalized spacial score (nSPS) is 14.9. The Kier molecular flexibility index (Phi) is 6.38. The third kappa shape index (κ3) is 4.65. The number of rotatable bonds is 4. The van der Waals surface area contributed by atoms with E-state index in [0.717, 1.165) is 11.6 Å². The molecule has 1 fully saturated rings. The number of barbiturate groups is 1. The number of para-hydroxylation sites is 1. The second-order valence-electron chi connectivity index (χ2n) is 7.35. The molecule has 0 saturated carbocycles. The van der Waals surface area contributed by atoms with Crippen molar-refractivity contribution in [2.45, 2.75) is 6.92 Å². The van der Waals surface area contributed by atoms with Gasteiger partial charge in [-0.1, -0.05) is 45.8 Å². The van der Waals surface area contributed by atoms with E-state index in [1.807, 2.05) is 18.3 Å². The van der Waals surface area contributed by atoms with Gasteiger partial charge < -0.3 is 4.74 Å². The van der Waals surface area contributed by atoms with Crippen LogP contribution in [0.1, 0.15) is 21.5 Å². The van der Waals surface area contributed by atoms with E-state index in [1.54, 1.807) is 24.3 Å². The van der Waals surface area contributed by atoms with E-state index >= 15 is 0 Å². The van der Waals surface area contributed by atoms with Crippen LogP contribution in [-0.4, -0.2) is 23.8 Å². The first-order chi connectivity index (χ1) is 16.2. The first-order valence-electron chi connectivity index (χ1n) is 9.99. The van der Waals surface area contributed by atoms with Gasteiger partial charge in [0.15, 0.2) is 0 Å². The highest BCUT2D eigenvalue weighted by Crippen LogP contribution is 2.29. The molecule has 1 saturated heterocycles. The molecule has 0 unspecified atom stereocenters. The van der Waals surface area contributed by atoms with Gasteiger partial charge in [0.05, 0.1) is 11.3 Å². The Morgan fingerprint density at radius 1 is 1.03 bits per heavy atom. The molecule has 9 heteroatoms. The third-order valence-corrected chi connectivity index (χ3v) is 5.42. The minimum Gasteiger partial charge on any atom is -0.422 e. The van der Waals surface area contributed by atoms with Gasteiger partial charge in [0, 0.05) is 10.0 Å². The summed E-state index contributed by atoms with van der Waals surface area (Å²) in [6, 6.07) is 15.6. The van der Waals surface area contributed by atoms with Crippen molar-refractivity contribution in [2.75, 3.05) is 4.90 Å². The molecule has 7 nitrogen and oxygen atoms in total. The summed E-state index contributed by atoms with van der Waals surface area (Å²) in [6.07, 6.45) is 1.18. The van der Waals surface area contributed by atoms with Crippen LogP contribution in [0.4, 0.5) is 14.9 Å². The molecule has 0 aromatic heterocycles. The number of imide groups is 2. The van der Waals surface area contributed by atoms with Crippen molar-refractivity contribution < 1.29 is 28.3 Å². The molecule has 1 heterocycles. The van der Waals surface area contributed by atoms with Crippen molar-refractivity contribution in [2.24, 2.45) is 0 Å². The number of hydrogen-bond donors (Lipinski definition) is 1. The summed E-state index contributed by atoms with van der Waals surface area (Å²) in [5.41, 5.74) is 0.675. The van der Waals surface area contributed by atoms with Crippen LogP contribution in [-0.2, 0) is 9.59 Å². The standard InChI is InChI=1S/C25H16BrFN2O5/c1-14-5-4-6-15(11-14)24(32)34-21-10-9-17(26)12-16(21)13-18-22(30)28-25(33)29(23(18)31)20-8-3-2-7-19(20)27/h2-13H,1H3,(H,28,30,33)/b18-13-. The predicted molar refractivity (Wildman–Crippen MR) is 126 cm³/mol. The van der Waals surface area contributed by atoms with Gasteiger partial charge in [0.25, 0.3) is 11.8 Å². The number of urea groups is 1. The number of nitrogens with zero attached hydrogens (tertiary/aromatic N) is 1. The molecule has 1 aliphatic heterocycles. The second kappa shape index (κ2) is 9.40. The highest BCUT2D eigenvalue weighted by Gasteiger charge is 2.38. The summed E-state index contributed by atoms with van der Waals surface area (Å²) in [5, 5.41) is 2.04. The molecule has 3 aromatic rings. The monoisotopic (exact) mass is 522 g/mol. The quantitative estimate of drug-likeness (QED) is 0.230. The van der Waals surface area contributed by atoms with E-state index < -0.39 is 35.2 Å². The van der Waals surface area contributed by atoms with Crippen LogP contribution in [0.5, 0.6) is 5.75 Å². The third-order valence-electron chi connectivity index (χ3n) is 4.92. The second-order valence-corrected chi connectivity index (χ2v) is 8.27. The van der Waals surface area contributed by atoms with Gasteiger partial charge in [-0.2, -0.15) is 0 Å². The summed E-state index contributed by atoms with van der Waals surface area (Å²) in [7, 11) is 0. The van der Waals surface area contributed by atoms with Crippen LogP contribution < -0.4 is 15.0 Å². The lowest BCUT2D eigenvalue weighted by molar-refractivity contribution is -0.122. The lowest BCUT2D eigenvalue weighted by Gasteiger charge is -2.26. The Balaban J connectivity index is 1.73. The smallest absolute Gasteiger partial charge is 0.343 e. The van der Waals surface area contributed by atoms with Crippen LogP contribution in [0.25, 0.3) is 6.08 Å². The summed E-state index contributed by atoms with van der Waals surface area (Å²) >= 11 is 3.31. The number of carbonyl (C=O) groups is 4. The first-order valence-corrected chi connectivity index (χ1v) is 10.8. The number of benzene rings is 3. The fraction of sp³-hybridized carbons (Fsp3) is 0.0400. The zero-order valence-corrected chi connectivity index (χ0v) is 19.3. The average Bonchev–Trinajstić information content (AvgIpc) is 2.79. The van der Waals surface area contributed by atoms with Gasteiger partial charge in [0.1, 0.15) is 17.1 Å². The molecule has 0 aliphatic carbocycles. The van der Waals surface area contributed by atoms with Gasteiger partial charge in [0.2, 0.25) is 0 Å². The fourth-order valence-corrected chi connectivity index (χ4v) is 3.70. The van der Waals surface area contributed by atoms with Gasteiger partial charge >= 0.3 is 12.0 Å². The maximum atomic E-state index is 14.3. The van der Waals surface area contributed by atoms with E-state index in [4.69, 9.17) is 4.74 Å². The number of esters is 1. The Bertz CT molecular complexity index is 1390. The van der Waals surface area contributed by atoms with E-state index in [2.05, 4.69) is 15.9 Å². The lowest BCUT2D eigenvalue weighted by Crippen LogP contribution is -2.54. The van der Waals surface area contributed by atoms with E-state index in [1.165, 1.54) is 36.4 Å². The van der Waals surface area contributed by atoms with E-state index in [0.29, 0.717) is 14.9 Å². The van der Waals surface area contributed by atoms with Crippen molar-refractivity contribution in [1.82, 2.24) is 5.32 Å². The summed E-state index contributed by atoms with van der Waals surface area (Å²) in [5.74, 6) is -3.34. The van der Waals surface area contributed by atoms with Crippen molar-refractivity contribution in [1.29, 1.82) is 0 Å². The number of amides is 4. The van der Waals surface area contributed by atoms with Crippen molar-refractivity contribution in [3.63, 3.8) is 0 Å². The molecule has 170 valence electrons. The van der Waals surface area contributed by atoms with Crippen molar-refractivity contribution in [3.8, 4) is 5.75 Å². The molecule has 4 amide bonds. The van der Waals surface area contributed by atoms with Crippen LogP contribution in [0, 0.1) is 12.7 Å². The van der Waals surface area contributed by atoms with Gasteiger partial charge in [-0.25, -0.2) is 18.9 Å². The molecule has 0 atom stereocenters. The van der Waals surface area contributed by atoms with Crippen molar-refractivity contribution >= 4 is 51.5 Å². The molecular formula is C25H16BrFN2O5. The zero-order chi connectivity index (χ0) is 24.4. The molecule has 4 rings (SSSR count). The topological polar surface area (TPSA) is 92.8 Å². The molecule has 0 bridgehead atoms. The number of hydrogen-bond acceptors (Lipinski definition) is 5. The van der Waals surface area contributed by atoms with Gasteiger partial charge in [-0.15, -0.1) is 0 Å². The SMILES string of the molecule is Cc1cccc(C(=O)Oc2ccc(Br)cc2/C=C2/C(=O)NC(=O)N(c3ccccc3F)C2=O)c1. The highest BCUT2D eigenvalue weighted by atomic mass is 79.9. The Morgan fingerprint density at radius 3 is 2.53 bits per heavy atom. The average molecular weight is 523 g/mol. The number of halogens is 2. The predicted octanol–water partition coefficient (Wildman–Crippen LogP) is 4.78. The van der Waals surface area contributed by atoms with Crippen LogP contribution in [0.15, 0.2) is 76.8 Å². The molecule has 0 spiro atoms. The number of ether oxygens (including phenoxy) is 1. The maximum absolute atomic E-state index is 14.3. The van der Waals surface area contributed by atoms with Crippen molar-refractivity contribution in [3.05, 3.63) is 99.3 Å². The zero-order valence-electron chi connectivity index (χ0n) is 17.7. The maximum Gasteiger partial charge on any atom is 0.343 e. The Hall–Kier alpha value is -4.11. The number of carbonyl (C=O) groups excluding carboxylic acids is 4. The largest absolute Gasteiger partial charge is 0.422 e. The summed E-state index contributed by atoms with van der Waals surface area (Å²) in [6.45, 7) is 1.84. The molecule has 1 aliphatic rings. The molecule has 1 N–H and O–H groups in total. The Labute approximate surface area is 202 Å².